The molecule has 1 heterocycles. The number of unbranched alkanes of at least 4 members (excludes halogenated alkanes) is 9. The molecule has 0 aliphatic carbocycles. The van der Waals surface area contributed by atoms with Crippen LogP contribution >= 0.6 is 0 Å². The summed E-state index contributed by atoms with van der Waals surface area (Å²) in [6.45, 7) is 2.24. The van der Waals surface area contributed by atoms with Crippen molar-refractivity contribution in [2.45, 2.75) is 81.7 Å². The second-order valence-corrected chi connectivity index (χ2v) is 10.2. The number of hydrogen-bond donors (Lipinski definition) is 1. The Bertz CT molecular complexity index is 514. The summed E-state index contributed by atoms with van der Waals surface area (Å²) in [7, 11) is -5.25. The van der Waals surface area contributed by atoms with Crippen LogP contribution in [0.3, 0.4) is 0 Å². The van der Waals surface area contributed by atoms with E-state index in [9.17, 15) is 13.0 Å². The van der Waals surface area contributed by atoms with Gasteiger partial charge in [0.05, 0.1) is 12.9 Å². The fourth-order valence-corrected chi connectivity index (χ4v) is 6.71. The summed E-state index contributed by atoms with van der Waals surface area (Å²) in [5.74, 6) is 0. The van der Waals surface area contributed by atoms with E-state index in [0.717, 1.165) is 12.5 Å². The lowest BCUT2D eigenvalue weighted by molar-refractivity contribution is 0.485. The van der Waals surface area contributed by atoms with Gasteiger partial charge in [-0.3, -0.25) is 4.55 Å². The van der Waals surface area contributed by atoms with Crippen molar-refractivity contribution in [3.63, 3.8) is 0 Å². The SMILES string of the molecule is CCCCCCCCCCCC[si]1ccccc1S(=O)(=O)O. The number of aryl methyl sites for hydroxylation is 1. The first-order valence-electron chi connectivity index (χ1n) is 8.61. The molecule has 3 nitrogen and oxygen atoms in total. The fourth-order valence-electron chi connectivity index (χ4n) is 2.76. The zero-order valence-electron chi connectivity index (χ0n) is 13.8. The summed E-state index contributed by atoms with van der Waals surface area (Å²) in [6.07, 6.45) is 12.8. The van der Waals surface area contributed by atoms with E-state index in [1.807, 2.05) is 11.7 Å². The van der Waals surface area contributed by atoms with Crippen LogP contribution in [0.15, 0.2) is 28.4 Å². The van der Waals surface area contributed by atoms with Crippen molar-refractivity contribution in [1.29, 1.82) is 0 Å². The van der Waals surface area contributed by atoms with Gasteiger partial charge < -0.3 is 0 Å². The third-order valence-electron chi connectivity index (χ3n) is 4.05. The first-order valence-corrected chi connectivity index (χ1v) is 11.8. The number of rotatable bonds is 12. The van der Waals surface area contributed by atoms with E-state index in [2.05, 4.69) is 6.92 Å². The Labute approximate surface area is 137 Å². The molecule has 0 aromatic carbocycles. The lowest BCUT2D eigenvalue weighted by atomic mass is 10.1. The van der Waals surface area contributed by atoms with E-state index in [-0.39, 0.29) is 4.51 Å². The van der Waals surface area contributed by atoms with E-state index in [4.69, 9.17) is 0 Å². The Balaban J connectivity index is 2.16. The summed E-state index contributed by atoms with van der Waals surface area (Å²) >= 11 is 0. The molecule has 126 valence electrons. The molecule has 0 bridgehead atoms. The first kappa shape index (κ1) is 19.5. The van der Waals surface area contributed by atoms with Crippen LogP contribution in [0.4, 0.5) is 0 Å². The minimum atomic E-state index is -4.01. The Morgan fingerprint density at radius 1 is 0.909 bits per heavy atom. The largest absolute Gasteiger partial charge is 0.290 e. The molecule has 1 aromatic heterocycles. The predicted octanol–water partition coefficient (Wildman–Crippen LogP) is 4.88. The van der Waals surface area contributed by atoms with Gasteiger partial charge >= 0.3 is 0 Å². The second kappa shape index (κ2) is 11.1. The Morgan fingerprint density at radius 2 is 1.45 bits per heavy atom. The molecule has 0 amide bonds. The van der Waals surface area contributed by atoms with Gasteiger partial charge in [-0.2, -0.15) is 8.42 Å². The lowest BCUT2D eigenvalue weighted by Crippen LogP contribution is -2.12. The third-order valence-corrected chi connectivity index (χ3v) is 8.59. The van der Waals surface area contributed by atoms with Crippen molar-refractivity contribution in [2.24, 2.45) is 0 Å². The minimum Gasteiger partial charge on any atom is -0.282 e. The van der Waals surface area contributed by atoms with Crippen LogP contribution in [0.1, 0.15) is 71.1 Å². The maximum absolute atomic E-state index is 11.3. The van der Waals surface area contributed by atoms with Gasteiger partial charge in [0.1, 0.15) is 0 Å². The van der Waals surface area contributed by atoms with Crippen LogP contribution in [0, 0.1) is 0 Å². The van der Waals surface area contributed by atoms with Crippen LogP contribution in [0.25, 0.3) is 0 Å². The second-order valence-electron chi connectivity index (χ2n) is 6.01. The summed E-state index contributed by atoms with van der Waals surface area (Å²) in [4.78, 5) is 0. The minimum absolute atomic E-state index is 0.246. The van der Waals surface area contributed by atoms with Crippen LogP contribution in [-0.2, 0) is 16.2 Å². The summed E-state index contributed by atoms with van der Waals surface area (Å²) in [6, 6.07) is 6.05. The van der Waals surface area contributed by atoms with Gasteiger partial charge in [-0.05, 0) is 12.1 Å². The highest BCUT2D eigenvalue weighted by Crippen LogP contribution is 2.12. The molecule has 1 aromatic rings. The molecule has 0 aliphatic heterocycles. The Kier molecular flexibility index (Phi) is 9.83. The highest BCUT2D eigenvalue weighted by atomic mass is 32.2. The molecule has 1 rings (SSSR count). The molecular formula is C17H30O3SSi. The van der Waals surface area contributed by atoms with Crippen molar-refractivity contribution in [2.75, 3.05) is 0 Å². The third kappa shape index (κ3) is 8.20. The van der Waals surface area contributed by atoms with Crippen LogP contribution in [0.2, 0.25) is 0 Å². The highest BCUT2D eigenvalue weighted by Gasteiger charge is 2.14. The average Bonchev–Trinajstić information content (AvgIpc) is 2.48. The van der Waals surface area contributed by atoms with Gasteiger partial charge in [0.25, 0.3) is 10.1 Å². The van der Waals surface area contributed by atoms with Crippen molar-refractivity contribution in [3.05, 3.63) is 23.9 Å². The molecule has 0 atom stereocenters. The Hall–Kier alpha value is -0.523. The van der Waals surface area contributed by atoms with Crippen molar-refractivity contribution >= 4 is 18.5 Å². The standard InChI is InChI=1S/C17H30O3SSi/c1-2-3-4-5-6-7-8-9-10-12-15-22-16-13-11-14-17(22)21(18,19)20/h11,13-14,16H,2-10,12,15H2,1H3,(H,18,19,20). The molecule has 0 spiro atoms. The van der Waals surface area contributed by atoms with E-state index in [0.29, 0.717) is 0 Å². The first-order chi connectivity index (χ1) is 10.6. The smallest absolute Gasteiger partial charge is 0.282 e. The summed E-state index contributed by atoms with van der Waals surface area (Å²) in [5, 5.41) is 0. The van der Waals surface area contributed by atoms with Crippen LogP contribution in [-0.4, -0.2) is 21.4 Å². The van der Waals surface area contributed by atoms with Gasteiger partial charge in [0.2, 0.25) is 0 Å². The topological polar surface area (TPSA) is 54.4 Å². The van der Waals surface area contributed by atoms with Crippen LogP contribution < -0.4 is 0 Å². The van der Waals surface area contributed by atoms with Crippen molar-refractivity contribution < 1.29 is 13.0 Å². The quantitative estimate of drug-likeness (QED) is 0.334. The Morgan fingerprint density at radius 3 is 2.00 bits per heavy atom. The van der Waals surface area contributed by atoms with Gasteiger partial charge in [-0.25, -0.2) is 0 Å². The molecule has 0 aliphatic rings. The fraction of sp³-hybridized carbons (Fsp3) is 0.706. The monoisotopic (exact) mass is 342 g/mol. The molecule has 0 saturated heterocycles. The van der Waals surface area contributed by atoms with Crippen LogP contribution in [0.5, 0.6) is 0 Å². The molecular weight excluding hydrogens is 312 g/mol. The highest BCUT2D eigenvalue weighted by molar-refractivity contribution is 7.86. The van der Waals surface area contributed by atoms with Crippen molar-refractivity contribution in [1.82, 2.24) is 0 Å². The normalized spacial score (nSPS) is 11.7. The lowest BCUT2D eigenvalue weighted by Gasteiger charge is -2.06. The zero-order valence-corrected chi connectivity index (χ0v) is 15.6. The van der Waals surface area contributed by atoms with E-state index in [1.165, 1.54) is 57.8 Å². The van der Waals surface area contributed by atoms with E-state index < -0.39 is 18.5 Å². The zero-order chi connectivity index (χ0) is 16.3. The van der Waals surface area contributed by atoms with Gasteiger partial charge in [0.15, 0.2) is 0 Å². The molecule has 0 radical (unpaired) electrons. The van der Waals surface area contributed by atoms with Crippen molar-refractivity contribution in [3.8, 4) is 0 Å². The average molecular weight is 343 g/mol. The molecule has 0 unspecified atom stereocenters. The van der Waals surface area contributed by atoms with Gasteiger partial charge in [-0.1, -0.05) is 88.9 Å². The van der Waals surface area contributed by atoms with E-state index in [1.54, 1.807) is 12.1 Å². The molecule has 5 heteroatoms. The van der Waals surface area contributed by atoms with Gasteiger partial charge in [0, 0.05) is 0 Å². The predicted molar refractivity (Wildman–Crippen MR) is 94.0 cm³/mol. The number of hydrogen-bond acceptors (Lipinski definition) is 2. The maximum atomic E-state index is 11.3. The van der Waals surface area contributed by atoms with E-state index >= 15 is 0 Å². The molecule has 22 heavy (non-hydrogen) atoms. The van der Waals surface area contributed by atoms with Gasteiger partial charge in [-0.15, -0.1) is 0 Å². The molecule has 0 fully saturated rings. The molecule has 1 N–H and O–H groups in total. The molecule has 0 saturated carbocycles. The summed E-state index contributed by atoms with van der Waals surface area (Å²) < 4.78 is 32.2. The summed E-state index contributed by atoms with van der Waals surface area (Å²) in [5.41, 5.74) is 1.97. The maximum Gasteiger partial charge on any atom is 0.290 e.